The van der Waals surface area contributed by atoms with Gasteiger partial charge in [0.2, 0.25) is 5.91 Å². The van der Waals surface area contributed by atoms with Gasteiger partial charge in [-0.15, -0.1) is 22.7 Å². The van der Waals surface area contributed by atoms with Crippen molar-refractivity contribution in [1.82, 2.24) is 9.55 Å². The van der Waals surface area contributed by atoms with Gasteiger partial charge in [-0.25, -0.2) is 4.98 Å². The number of hydrogen-bond donors (Lipinski definition) is 2. The van der Waals surface area contributed by atoms with Gasteiger partial charge in [0.15, 0.2) is 5.13 Å². The highest BCUT2D eigenvalue weighted by molar-refractivity contribution is 7.16. The molecule has 0 atom stereocenters. The number of fused-ring (bicyclic) bond motifs is 1. The number of halogens is 1. The average Bonchev–Trinajstić information content (AvgIpc) is 3.60. The molecule has 6 nitrogen and oxygen atoms in total. The number of thiazole rings is 1. The number of nitrogens with zero attached hydrogens (tertiary/aromatic N) is 2. The molecular formula is C26H20ClN3O3S2. The number of rotatable bonds is 6. The van der Waals surface area contributed by atoms with E-state index in [1.807, 2.05) is 35.9 Å². The van der Waals surface area contributed by atoms with Crippen LogP contribution in [0.3, 0.4) is 0 Å². The van der Waals surface area contributed by atoms with Gasteiger partial charge in [0.05, 0.1) is 29.1 Å². The first kappa shape index (κ1) is 23.4. The molecule has 0 aliphatic rings. The molecule has 9 heteroatoms. The van der Waals surface area contributed by atoms with E-state index in [0.29, 0.717) is 32.5 Å². The molecule has 5 aromatic rings. The number of benzene rings is 2. The van der Waals surface area contributed by atoms with E-state index in [-0.39, 0.29) is 24.8 Å². The normalized spacial score (nSPS) is 11.2. The van der Waals surface area contributed by atoms with Crippen molar-refractivity contribution in [2.24, 2.45) is 0 Å². The first-order chi connectivity index (χ1) is 16.9. The van der Waals surface area contributed by atoms with Crippen LogP contribution < -0.4 is 5.32 Å². The Morgan fingerprint density at radius 1 is 1.11 bits per heavy atom. The molecule has 3 heterocycles. The van der Waals surface area contributed by atoms with Crippen LogP contribution in [0.15, 0.2) is 65.4 Å². The number of aliphatic hydroxyl groups is 1. The largest absolute Gasteiger partial charge is 0.392 e. The minimum Gasteiger partial charge on any atom is -0.392 e. The summed E-state index contributed by atoms with van der Waals surface area (Å²) in [5.74, 6) is -0.444. The average molecular weight is 522 g/mol. The summed E-state index contributed by atoms with van der Waals surface area (Å²) in [5, 5.41) is 18.3. The highest BCUT2D eigenvalue weighted by Gasteiger charge is 2.22. The van der Waals surface area contributed by atoms with Crippen LogP contribution in [0.25, 0.3) is 21.5 Å². The molecule has 0 saturated carbocycles. The van der Waals surface area contributed by atoms with E-state index in [2.05, 4.69) is 10.3 Å². The predicted octanol–water partition coefficient (Wildman–Crippen LogP) is 6.15. The maximum atomic E-state index is 13.4. The number of carbonyl (C=O) groups is 2. The van der Waals surface area contributed by atoms with Crippen molar-refractivity contribution in [3.05, 3.63) is 92.8 Å². The summed E-state index contributed by atoms with van der Waals surface area (Å²) in [6.07, 6.45) is 0.0615. The molecule has 2 aromatic carbocycles. The Labute approximate surface area is 214 Å². The van der Waals surface area contributed by atoms with Gasteiger partial charge in [0.1, 0.15) is 0 Å². The number of aliphatic hydroxyl groups excluding tert-OH is 1. The molecule has 0 saturated heterocycles. The molecule has 0 aliphatic carbocycles. The molecule has 2 N–H and O–H groups in total. The summed E-state index contributed by atoms with van der Waals surface area (Å²) < 4.78 is 1.61. The second-order valence-electron chi connectivity index (χ2n) is 7.96. The van der Waals surface area contributed by atoms with Gasteiger partial charge in [0.25, 0.3) is 5.91 Å². The lowest BCUT2D eigenvalue weighted by Gasteiger charge is -2.08. The zero-order valence-corrected chi connectivity index (χ0v) is 21.0. The Hall–Kier alpha value is -3.30. The summed E-state index contributed by atoms with van der Waals surface area (Å²) in [4.78, 5) is 32.0. The highest BCUT2D eigenvalue weighted by Crippen LogP contribution is 2.31. The van der Waals surface area contributed by atoms with Crippen LogP contribution in [0.5, 0.6) is 0 Å². The molecule has 0 radical (unpaired) electrons. The van der Waals surface area contributed by atoms with Gasteiger partial charge in [0, 0.05) is 27.0 Å². The summed E-state index contributed by atoms with van der Waals surface area (Å²) >= 11 is 8.95. The standard InChI is InChI=1S/C26H20ClN3O3S2/c1-15-19(12-24(32)29-26-28-21(14-35-26)23-3-2-10-34-23)20-11-16(13-31)4-9-22(20)30(15)25(33)17-5-7-18(27)8-6-17/h2-11,14,31H,12-13H2,1H3,(H,28,29,32). The van der Waals surface area contributed by atoms with Crippen LogP contribution in [0, 0.1) is 6.92 Å². The number of amides is 1. The minimum absolute atomic E-state index is 0.0615. The quantitative estimate of drug-likeness (QED) is 0.280. The molecule has 0 fully saturated rings. The third-order valence-corrected chi connectivity index (χ3v) is 7.64. The van der Waals surface area contributed by atoms with Crippen LogP contribution >= 0.6 is 34.3 Å². The molecule has 3 aromatic heterocycles. The van der Waals surface area contributed by atoms with Crippen LogP contribution in [0.1, 0.15) is 27.2 Å². The van der Waals surface area contributed by atoms with Crippen LogP contribution in [-0.2, 0) is 17.8 Å². The van der Waals surface area contributed by atoms with Crippen LogP contribution in [0.4, 0.5) is 5.13 Å². The molecule has 176 valence electrons. The van der Waals surface area contributed by atoms with E-state index < -0.39 is 0 Å². The number of hydrogen-bond acceptors (Lipinski definition) is 6. The predicted molar refractivity (Wildman–Crippen MR) is 142 cm³/mol. The lowest BCUT2D eigenvalue weighted by molar-refractivity contribution is -0.115. The Balaban J connectivity index is 1.48. The van der Waals surface area contributed by atoms with Crippen molar-refractivity contribution in [3.63, 3.8) is 0 Å². The number of nitrogens with one attached hydrogen (secondary N) is 1. The van der Waals surface area contributed by atoms with Crippen LogP contribution in [0.2, 0.25) is 5.02 Å². The van der Waals surface area contributed by atoms with Crippen molar-refractivity contribution in [2.75, 3.05) is 5.32 Å². The smallest absolute Gasteiger partial charge is 0.262 e. The van der Waals surface area contributed by atoms with Crippen molar-refractivity contribution in [1.29, 1.82) is 0 Å². The van der Waals surface area contributed by atoms with Crippen LogP contribution in [-0.4, -0.2) is 26.5 Å². The number of carbonyl (C=O) groups excluding carboxylic acids is 2. The van der Waals surface area contributed by atoms with E-state index in [1.54, 1.807) is 52.3 Å². The second kappa shape index (κ2) is 9.75. The Kier molecular flexibility index (Phi) is 6.53. The minimum atomic E-state index is -0.229. The second-order valence-corrected chi connectivity index (χ2v) is 10.2. The molecule has 0 bridgehead atoms. The van der Waals surface area contributed by atoms with Gasteiger partial charge in [-0.2, -0.15) is 0 Å². The van der Waals surface area contributed by atoms with E-state index in [9.17, 15) is 14.7 Å². The zero-order chi connectivity index (χ0) is 24.5. The third-order valence-electron chi connectivity index (χ3n) is 5.74. The van der Waals surface area contributed by atoms with E-state index in [0.717, 1.165) is 21.5 Å². The topological polar surface area (TPSA) is 84.2 Å². The number of anilines is 1. The summed E-state index contributed by atoms with van der Waals surface area (Å²) in [5.41, 5.74) is 4.09. The Morgan fingerprint density at radius 2 is 1.91 bits per heavy atom. The summed E-state index contributed by atoms with van der Waals surface area (Å²) in [6, 6.07) is 16.1. The third kappa shape index (κ3) is 4.66. The Morgan fingerprint density at radius 3 is 2.63 bits per heavy atom. The van der Waals surface area contributed by atoms with Crippen molar-refractivity contribution < 1.29 is 14.7 Å². The van der Waals surface area contributed by atoms with Gasteiger partial charge in [-0.1, -0.05) is 23.7 Å². The molecular weight excluding hydrogens is 502 g/mol. The van der Waals surface area contributed by atoms with Crippen molar-refractivity contribution >= 4 is 62.1 Å². The van der Waals surface area contributed by atoms with Gasteiger partial charge in [-0.05, 0) is 65.9 Å². The highest BCUT2D eigenvalue weighted by atomic mass is 35.5. The fourth-order valence-electron chi connectivity index (χ4n) is 4.03. The fraction of sp³-hybridized carbons (Fsp3) is 0.115. The van der Waals surface area contributed by atoms with Crippen molar-refractivity contribution in [2.45, 2.75) is 20.0 Å². The van der Waals surface area contributed by atoms with E-state index >= 15 is 0 Å². The SMILES string of the molecule is Cc1c(CC(=O)Nc2nc(-c3cccs3)cs2)c2cc(CO)ccc2n1C(=O)c1ccc(Cl)cc1. The maximum Gasteiger partial charge on any atom is 0.262 e. The number of thiophene rings is 1. The first-order valence-corrected chi connectivity index (χ1v) is 12.9. The van der Waals surface area contributed by atoms with Gasteiger partial charge < -0.3 is 10.4 Å². The van der Waals surface area contributed by atoms with Gasteiger partial charge in [-0.3, -0.25) is 14.2 Å². The monoisotopic (exact) mass is 521 g/mol. The maximum absolute atomic E-state index is 13.4. The Bertz CT molecular complexity index is 1540. The zero-order valence-electron chi connectivity index (χ0n) is 18.6. The fourth-order valence-corrected chi connectivity index (χ4v) is 5.64. The molecule has 0 unspecified atom stereocenters. The summed E-state index contributed by atoms with van der Waals surface area (Å²) in [7, 11) is 0. The molecule has 1 amide bonds. The van der Waals surface area contributed by atoms with E-state index in [4.69, 9.17) is 11.6 Å². The molecule has 0 spiro atoms. The lowest BCUT2D eigenvalue weighted by atomic mass is 10.1. The summed E-state index contributed by atoms with van der Waals surface area (Å²) in [6.45, 7) is 1.69. The molecule has 0 aliphatic heterocycles. The number of aromatic nitrogens is 2. The lowest BCUT2D eigenvalue weighted by Crippen LogP contribution is -2.16. The van der Waals surface area contributed by atoms with E-state index in [1.165, 1.54) is 11.3 Å². The molecule has 35 heavy (non-hydrogen) atoms. The van der Waals surface area contributed by atoms with Gasteiger partial charge >= 0.3 is 0 Å². The molecule has 5 rings (SSSR count). The van der Waals surface area contributed by atoms with Crippen molar-refractivity contribution in [3.8, 4) is 10.6 Å². The first-order valence-electron chi connectivity index (χ1n) is 10.8.